The van der Waals surface area contributed by atoms with Crippen molar-refractivity contribution in [2.24, 2.45) is 11.8 Å². The summed E-state index contributed by atoms with van der Waals surface area (Å²) in [6.07, 6.45) is -1.01. The van der Waals surface area contributed by atoms with Crippen LogP contribution in [-0.4, -0.2) is 23.1 Å². The molecule has 76 valence electrons. The molecule has 0 aliphatic carbocycles. The maximum Gasteiger partial charge on any atom is 1.00 e. The molecule has 0 aromatic rings. The van der Waals surface area contributed by atoms with Gasteiger partial charge in [0.25, 0.3) is 0 Å². The van der Waals surface area contributed by atoms with E-state index in [0.717, 1.165) is 0 Å². The Morgan fingerprint density at radius 2 is 1.53 bits per heavy atom. The Bertz CT molecular complexity index is 207. The molecule has 0 aliphatic rings. The van der Waals surface area contributed by atoms with Gasteiger partial charge in [0.15, 0.2) is 0 Å². The van der Waals surface area contributed by atoms with E-state index in [1.807, 2.05) is 0 Å². The van der Waals surface area contributed by atoms with Crippen molar-refractivity contribution in [3.8, 4) is 0 Å². The van der Waals surface area contributed by atoms with Gasteiger partial charge in [-0.05, 0) is 13.3 Å². The molecule has 0 saturated heterocycles. The quantitative estimate of drug-likeness (QED) is 0.476. The van der Waals surface area contributed by atoms with Crippen molar-refractivity contribution in [2.75, 3.05) is 0 Å². The first-order valence-electron chi connectivity index (χ1n) is 3.96. The summed E-state index contributed by atoms with van der Waals surface area (Å²) in [7, 11) is 0. The van der Waals surface area contributed by atoms with Crippen LogP contribution in [0.2, 0.25) is 0 Å². The van der Waals surface area contributed by atoms with Gasteiger partial charge in [0.05, 0.1) is 6.10 Å². The second-order valence-electron chi connectivity index (χ2n) is 3.12. The minimum absolute atomic E-state index is 0. The third-order valence-electron chi connectivity index (χ3n) is 1.87. The minimum Gasteiger partial charge on any atom is -0.550 e. The normalized spacial score (nSPS) is 15.1. The zero-order valence-corrected chi connectivity index (χ0v) is 13.5. The predicted molar refractivity (Wildman–Crippen MR) is 39.0 cm³/mol. The molecule has 0 heterocycles. The number of rotatable bonds is 5. The molecule has 0 rings (SSSR count). The predicted octanol–water partition coefficient (Wildman–Crippen LogP) is -8.48. The van der Waals surface area contributed by atoms with Gasteiger partial charge in [0, 0.05) is 23.8 Å². The molecule has 0 aromatic carbocycles. The first-order valence-corrected chi connectivity index (χ1v) is 3.96. The van der Waals surface area contributed by atoms with Crippen molar-refractivity contribution in [1.29, 1.82) is 0 Å². The summed E-state index contributed by atoms with van der Waals surface area (Å²) >= 11 is 0. The Morgan fingerprint density at radius 1 is 1.13 bits per heavy atom. The van der Waals surface area contributed by atoms with E-state index in [9.17, 15) is 19.8 Å². The Balaban J connectivity index is -0.000000720. The number of carbonyl (C=O) groups is 2. The Morgan fingerprint density at radius 3 is 1.73 bits per heavy atom. The SMILES string of the molecule is CC(O)CC(C(=O)[O-])C(C)C(=O)[O-].[Na+].[Na+]. The van der Waals surface area contributed by atoms with E-state index in [4.69, 9.17) is 5.11 Å². The number of hydrogen-bond donors (Lipinski definition) is 1. The Hall–Kier alpha value is 0.900. The van der Waals surface area contributed by atoms with E-state index in [-0.39, 0.29) is 65.5 Å². The third-order valence-corrected chi connectivity index (χ3v) is 1.87. The molecule has 0 aliphatic heterocycles. The monoisotopic (exact) mass is 234 g/mol. The number of aliphatic carboxylic acids is 2. The van der Waals surface area contributed by atoms with Gasteiger partial charge in [0.2, 0.25) is 0 Å². The largest absolute Gasteiger partial charge is 1.00 e. The van der Waals surface area contributed by atoms with Crippen LogP contribution in [0.5, 0.6) is 0 Å². The molecule has 0 bridgehead atoms. The zero-order chi connectivity index (χ0) is 10.6. The van der Waals surface area contributed by atoms with Crippen LogP contribution in [0.15, 0.2) is 0 Å². The second kappa shape index (κ2) is 10.1. The van der Waals surface area contributed by atoms with Crippen LogP contribution in [0.1, 0.15) is 20.3 Å². The van der Waals surface area contributed by atoms with Crippen LogP contribution >= 0.6 is 0 Å². The number of carboxylic acids is 2. The molecule has 5 nitrogen and oxygen atoms in total. The fourth-order valence-electron chi connectivity index (χ4n) is 1.04. The fraction of sp³-hybridized carbons (Fsp3) is 0.750. The molecule has 3 atom stereocenters. The van der Waals surface area contributed by atoms with Crippen molar-refractivity contribution in [2.45, 2.75) is 26.4 Å². The molecule has 0 aromatic heterocycles. The van der Waals surface area contributed by atoms with Crippen molar-refractivity contribution >= 4 is 11.9 Å². The van der Waals surface area contributed by atoms with Crippen LogP contribution in [-0.2, 0) is 9.59 Å². The number of hydrogen-bond acceptors (Lipinski definition) is 5. The molecule has 0 fully saturated rings. The molecular formula is C8H12Na2O5. The van der Waals surface area contributed by atoms with Crippen molar-refractivity contribution in [3.05, 3.63) is 0 Å². The molecule has 7 heteroatoms. The maximum atomic E-state index is 10.5. The number of carbonyl (C=O) groups excluding carboxylic acids is 2. The summed E-state index contributed by atoms with van der Waals surface area (Å²) < 4.78 is 0. The second-order valence-corrected chi connectivity index (χ2v) is 3.12. The van der Waals surface area contributed by atoms with Crippen molar-refractivity contribution in [3.63, 3.8) is 0 Å². The first kappa shape index (κ1) is 21.2. The van der Waals surface area contributed by atoms with Gasteiger partial charge in [-0.1, -0.05) is 6.92 Å². The van der Waals surface area contributed by atoms with Crippen LogP contribution < -0.4 is 69.3 Å². The van der Waals surface area contributed by atoms with Gasteiger partial charge < -0.3 is 24.9 Å². The van der Waals surface area contributed by atoms with E-state index in [1.165, 1.54) is 13.8 Å². The minimum atomic E-state index is -1.47. The van der Waals surface area contributed by atoms with E-state index in [2.05, 4.69) is 0 Å². The van der Waals surface area contributed by atoms with Gasteiger partial charge >= 0.3 is 59.1 Å². The van der Waals surface area contributed by atoms with Gasteiger partial charge in [-0.3, -0.25) is 0 Å². The summed E-state index contributed by atoms with van der Waals surface area (Å²) in [6, 6.07) is 0. The van der Waals surface area contributed by atoms with Gasteiger partial charge in [-0.25, -0.2) is 0 Å². The summed E-state index contributed by atoms with van der Waals surface area (Å²) in [4.78, 5) is 20.8. The maximum absolute atomic E-state index is 10.5. The van der Waals surface area contributed by atoms with E-state index >= 15 is 0 Å². The third kappa shape index (κ3) is 8.68. The molecule has 0 spiro atoms. The summed E-state index contributed by atoms with van der Waals surface area (Å²) in [6.45, 7) is 2.61. The zero-order valence-electron chi connectivity index (χ0n) is 9.52. The average molecular weight is 234 g/mol. The molecule has 0 amide bonds. The van der Waals surface area contributed by atoms with E-state index in [0.29, 0.717) is 0 Å². The number of carboxylic acid groups (broad SMARTS) is 2. The van der Waals surface area contributed by atoms with E-state index in [1.54, 1.807) is 0 Å². The smallest absolute Gasteiger partial charge is 0.550 e. The van der Waals surface area contributed by atoms with Crippen LogP contribution in [0.4, 0.5) is 0 Å². The first-order chi connectivity index (χ1) is 5.86. The summed E-state index contributed by atoms with van der Waals surface area (Å²) in [5, 5.41) is 29.7. The molecule has 1 N–H and O–H groups in total. The van der Waals surface area contributed by atoms with E-state index < -0.39 is 29.9 Å². The standard InChI is InChI=1S/C8H14O5.2Na/c1-4(9)3-6(8(12)13)5(2)7(10)11;;/h4-6,9H,3H2,1-2H3,(H,10,11)(H,12,13);;/q;2*+1/p-2. The van der Waals surface area contributed by atoms with Crippen LogP contribution in [0.25, 0.3) is 0 Å². The topological polar surface area (TPSA) is 100 Å². The van der Waals surface area contributed by atoms with Gasteiger partial charge in [-0.2, -0.15) is 0 Å². The van der Waals surface area contributed by atoms with Crippen molar-refractivity contribution in [1.82, 2.24) is 0 Å². The molecule has 3 unspecified atom stereocenters. The molecule has 0 saturated carbocycles. The van der Waals surface area contributed by atoms with Gasteiger partial charge in [-0.15, -0.1) is 0 Å². The van der Waals surface area contributed by atoms with Crippen molar-refractivity contribution < 1.29 is 84.0 Å². The number of aliphatic hydroxyl groups is 1. The number of aliphatic hydroxyl groups excluding tert-OH is 1. The fourth-order valence-corrected chi connectivity index (χ4v) is 1.04. The van der Waals surface area contributed by atoms with Gasteiger partial charge in [0.1, 0.15) is 0 Å². The molecule has 0 radical (unpaired) electrons. The summed E-state index contributed by atoms with van der Waals surface area (Å²) in [5.74, 6) is -5.28. The summed E-state index contributed by atoms with van der Waals surface area (Å²) in [5.41, 5.74) is 0. The van der Waals surface area contributed by atoms with Crippen LogP contribution in [0.3, 0.4) is 0 Å². The van der Waals surface area contributed by atoms with Crippen LogP contribution in [0, 0.1) is 11.8 Å². The Labute approximate surface area is 133 Å². The average Bonchev–Trinajstić information content (AvgIpc) is 1.97. The molecular weight excluding hydrogens is 222 g/mol. The Kier molecular flexibility index (Phi) is 14.3. The molecule has 15 heavy (non-hydrogen) atoms.